The fraction of sp³-hybridized carbons (Fsp3) is 0.909. The normalized spacial score (nSPS) is 23.1. The quantitative estimate of drug-likeness (QED) is 0.636. The van der Waals surface area contributed by atoms with Crippen LogP contribution in [0.5, 0.6) is 0 Å². The molecule has 0 N–H and O–H groups in total. The molecule has 15 heavy (non-hydrogen) atoms. The predicted molar refractivity (Wildman–Crippen MR) is 59.7 cm³/mol. The highest BCUT2D eigenvalue weighted by Crippen LogP contribution is 2.17. The first-order chi connectivity index (χ1) is 7.13. The Bertz CT molecular complexity index is 207. The smallest absolute Gasteiger partial charge is 0.309 e. The molecule has 1 aliphatic heterocycles. The molecule has 1 fully saturated rings. The van der Waals surface area contributed by atoms with Crippen molar-refractivity contribution in [2.75, 3.05) is 47.4 Å². The van der Waals surface area contributed by atoms with Crippen LogP contribution in [0.1, 0.15) is 12.8 Å². The fourth-order valence-corrected chi connectivity index (χ4v) is 1.96. The second kappa shape index (κ2) is 6.08. The molecule has 1 atom stereocenters. The molecule has 4 heteroatoms. The van der Waals surface area contributed by atoms with Crippen LogP contribution >= 0.6 is 0 Å². The van der Waals surface area contributed by atoms with Crippen LogP contribution < -0.4 is 0 Å². The molecular formula is C11H22N2O2. The number of carbonyl (C=O) groups excluding carboxylic acids is 1. The molecule has 0 saturated carbocycles. The molecule has 0 aliphatic carbocycles. The molecule has 0 aromatic rings. The molecule has 1 saturated heterocycles. The Hall–Kier alpha value is -0.610. The van der Waals surface area contributed by atoms with Gasteiger partial charge in [-0.15, -0.1) is 0 Å². The Kier molecular flexibility index (Phi) is 5.05. The molecule has 0 aromatic heterocycles. The maximum atomic E-state index is 11.4. The van der Waals surface area contributed by atoms with Crippen molar-refractivity contribution in [2.45, 2.75) is 12.8 Å². The maximum Gasteiger partial charge on any atom is 0.309 e. The zero-order chi connectivity index (χ0) is 11.3. The minimum Gasteiger partial charge on any atom is -0.469 e. The van der Waals surface area contributed by atoms with Gasteiger partial charge < -0.3 is 14.5 Å². The third-order valence-electron chi connectivity index (χ3n) is 2.90. The summed E-state index contributed by atoms with van der Waals surface area (Å²) in [6.45, 7) is 4.07. The van der Waals surface area contributed by atoms with Crippen LogP contribution in [0.4, 0.5) is 0 Å². The number of likely N-dealkylation sites (N-methyl/N-ethyl adjacent to an activating group) is 1. The lowest BCUT2D eigenvalue weighted by Gasteiger charge is -2.31. The highest BCUT2D eigenvalue weighted by atomic mass is 16.5. The van der Waals surface area contributed by atoms with E-state index in [1.54, 1.807) is 0 Å². The molecule has 0 aromatic carbocycles. The van der Waals surface area contributed by atoms with Gasteiger partial charge in [0.25, 0.3) is 0 Å². The van der Waals surface area contributed by atoms with Crippen LogP contribution in [0.2, 0.25) is 0 Å². The molecule has 0 spiro atoms. The SMILES string of the molecule is COC(=O)C1CCCN(CCN(C)C)C1. The van der Waals surface area contributed by atoms with Crippen LogP contribution in [0, 0.1) is 5.92 Å². The molecule has 0 radical (unpaired) electrons. The number of carbonyl (C=O) groups is 1. The van der Waals surface area contributed by atoms with E-state index in [4.69, 9.17) is 4.74 Å². The Morgan fingerprint density at radius 3 is 2.87 bits per heavy atom. The Labute approximate surface area is 92.2 Å². The number of esters is 1. The zero-order valence-corrected chi connectivity index (χ0v) is 10.0. The maximum absolute atomic E-state index is 11.4. The number of hydrogen-bond acceptors (Lipinski definition) is 4. The summed E-state index contributed by atoms with van der Waals surface area (Å²) in [5.74, 6) is 0.0375. The fourth-order valence-electron chi connectivity index (χ4n) is 1.96. The number of piperidine rings is 1. The van der Waals surface area contributed by atoms with Gasteiger partial charge in [-0.1, -0.05) is 0 Å². The zero-order valence-electron chi connectivity index (χ0n) is 10.0. The monoisotopic (exact) mass is 214 g/mol. The first-order valence-electron chi connectivity index (χ1n) is 5.58. The van der Waals surface area contributed by atoms with Crippen molar-refractivity contribution in [3.05, 3.63) is 0 Å². The average Bonchev–Trinajstić information content (AvgIpc) is 2.25. The van der Waals surface area contributed by atoms with Crippen molar-refractivity contribution in [1.82, 2.24) is 9.80 Å². The number of rotatable bonds is 4. The summed E-state index contributed by atoms with van der Waals surface area (Å²) >= 11 is 0. The lowest BCUT2D eigenvalue weighted by atomic mass is 9.98. The highest BCUT2D eigenvalue weighted by Gasteiger charge is 2.25. The van der Waals surface area contributed by atoms with Gasteiger partial charge in [0, 0.05) is 19.6 Å². The average molecular weight is 214 g/mol. The molecule has 4 nitrogen and oxygen atoms in total. The predicted octanol–water partition coefficient (Wildman–Crippen LogP) is 0.433. The summed E-state index contributed by atoms with van der Waals surface area (Å²) in [6, 6.07) is 0. The molecule has 1 heterocycles. The number of likely N-dealkylation sites (tertiary alicyclic amines) is 1. The summed E-state index contributed by atoms with van der Waals surface area (Å²) in [7, 11) is 5.62. The van der Waals surface area contributed by atoms with Crippen molar-refractivity contribution in [3.63, 3.8) is 0 Å². The second-order valence-electron chi connectivity index (χ2n) is 4.47. The summed E-state index contributed by atoms with van der Waals surface area (Å²) in [6.07, 6.45) is 2.08. The van der Waals surface area contributed by atoms with E-state index in [-0.39, 0.29) is 11.9 Å². The molecule has 1 unspecified atom stereocenters. The lowest BCUT2D eigenvalue weighted by molar-refractivity contribution is -0.147. The van der Waals surface area contributed by atoms with E-state index in [2.05, 4.69) is 23.9 Å². The van der Waals surface area contributed by atoms with E-state index < -0.39 is 0 Å². The second-order valence-corrected chi connectivity index (χ2v) is 4.47. The van der Waals surface area contributed by atoms with Gasteiger partial charge in [0.05, 0.1) is 13.0 Å². The molecule has 88 valence electrons. The largest absolute Gasteiger partial charge is 0.469 e. The standard InChI is InChI=1S/C11H22N2O2/c1-12(2)7-8-13-6-4-5-10(9-13)11(14)15-3/h10H,4-9H2,1-3H3. The van der Waals surface area contributed by atoms with Crippen molar-refractivity contribution >= 4 is 5.97 Å². The summed E-state index contributed by atoms with van der Waals surface area (Å²) in [5, 5.41) is 0. The third-order valence-corrected chi connectivity index (χ3v) is 2.90. The van der Waals surface area contributed by atoms with Gasteiger partial charge >= 0.3 is 5.97 Å². The summed E-state index contributed by atoms with van der Waals surface area (Å²) in [5.41, 5.74) is 0. The minimum absolute atomic E-state index is 0.0513. The van der Waals surface area contributed by atoms with Gasteiger partial charge in [0.2, 0.25) is 0 Å². The van der Waals surface area contributed by atoms with Crippen LogP contribution in [0.15, 0.2) is 0 Å². The van der Waals surface area contributed by atoms with Crippen LogP contribution in [0.25, 0.3) is 0 Å². The van der Waals surface area contributed by atoms with Gasteiger partial charge in [0.15, 0.2) is 0 Å². The number of methoxy groups -OCH3 is 1. The van der Waals surface area contributed by atoms with Crippen molar-refractivity contribution in [3.8, 4) is 0 Å². The number of nitrogens with zero attached hydrogens (tertiary/aromatic N) is 2. The van der Waals surface area contributed by atoms with E-state index in [9.17, 15) is 4.79 Å². The van der Waals surface area contributed by atoms with E-state index in [0.717, 1.165) is 39.0 Å². The van der Waals surface area contributed by atoms with Gasteiger partial charge in [-0.2, -0.15) is 0 Å². The minimum atomic E-state index is -0.0513. The third kappa shape index (κ3) is 4.18. The summed E-state index contributed by atoms with van der Waals surface area (Å²) < 4.78 is 4.79. The highest BCUT2D eigenvalue weighted by molar-refractivity contribution is 5.72. The lowest BCUT2D eigenvalue weighted by Crippen LogP contribution is -2.42. The summed E-state index contributed by atoms with van der Waals surface area (Å²) in [4.78, 5) is 15.9. The van der Waals surface area contributed by atoms with Crippen LogP contribution in [-0.2, 0) is 9.53 Å². The Morgan fingerprint density at radius 2 is 2.27 bits per heavy atom. The molecule has 0 amide bonds. The first kappa shape index (κ1) is 12.5. The molecular weight excluding hydrogens is 192 g/mol. The van der Waals surface area contributed by atoms with E-state index in [0.29, 0.717) is 0 Å². The van der Waals surface area contributed by atoms with Crippen molar-refractivity contribution in [2.24, 2.45) is 5.92 Å². The molecule has 1 rings (SSSR count). The van der Waals surface area contributed by atoms with Gasteiger partial charge in [-0.05, 0) is 33.5 Å². The van der Waals surface area contributed by atoms with Crippen molar-refractivity contribution < 1.29 is 9.53 Å². The van der Waals surface area contributed by atoms with Gasteiger partial charge in [-0.25, -0.2) is 0 Å². The van der Waals surface area contributed by atoms with E-state index in [1.807, 2.05) is 0 Å². The van der Waals surface area contributed by atoms with Gasteiger partial charge in [-0.3, -0.25) is 4.79 Å². The first-order valence-corrected chi connectivity index (χ1v) is 5.58. The Balaban J connectivity index is 2.32. The Morgan fingerprint density at radius 1 is 1.53 bits per heavy atom. The van der Waals surface area contributed by atoms with E-state index >= 15 is 0 Å². The van der Waals surface area contributed by atoms with Gasteiger partial charge in [0.1, 0.15) is 0 Å². The van der Waals surface area contributed by atoms with Crippen LogP contribution in [0.3, 0.4) is 0 Å². The van der Waals surface area contributed by atoms with E-state index in [1.165, 1.54) is 7.11 Å². The van der Waals surface area contributed by atoms with Crippen molar-refractivity contribution in [1.29, 1.82) is 0 Å². The topological polar surface area (TPSA) is 32.8 Å². The number of ether oxygens (including phenoxy) is 1. The van der Waals surface area contributed by atoms with Crippen LogP contribution in [-0.4, -0.2) is 63.2 Å². The number of hydrogen-bond donors (Lipinski definition) is 0. The molecule has 0 bridgehead atoms. The molecule has 1 aliphatic rings.